The minimum atomic E-state index is -0.457. The molecule has 16 heavy (non-hydrogen) atoms. The zero-order valence-electron chi connectivity index (χ0n) is 10.9. The molecule has 0 bridgehead atoms. The second-order valence-electron chi connectivity index (χ2n) is 4.99. The number of ether oxygens (including phenoxy) is 1. The lowest BCUT2D eigenvalue weighted by Crippen LogP contribution is -2.37. The fourth-order valence-electron chi connectivity index (χ4n) is 1.29. The molecule has 0 rings (SSSR count). The predicted octanol–water partition coefficient (Wildman–Crippen LogP) is 3.05. The summed E-state index contributed by atoms with van der Waals surface area (Å²) in [7, 11) is 0. The summed E-state index contributed by atoms with van der Waals surface area (Å²) in [4.78, 5) is 11.5. The van der Waals surface area contributed by atoms with E-state index < -0.39 is 11.6 Å². The first kappa shape index (κ1) is 18.1. The van der Waals surface area contributed by atoms with Crippen LogP contribution in [0.2, 0.25) is 0 Å². The van der Waals surface area contributed by atoms with Crippen molar-refractivity contribution in [2.75, 3.05) is 0 Å². The largest absolute Gasteiger partial charge is 0.459 e. The molecular formula is C12H26ClNO2. The summed E-state index contributed by atoms with van der Waals surface area (Å²) in [5, 5.41) is 0. The van der Waals surface area contributed by atoms with Crippen LogP contribution in [0.25, 0.3) is 0 Å². The molecule has 0 amide bonds. The number of unbranched alkanes of at least 4 members (excludes halogenated alkanes) is 3. The number of esters is 1. The molecule has 98 valence electrons. The van der Waals surface area contributed by atoms with Crippen molar-refractivity contribution in [1.29, 1.82) is 0 Å². The Morgan fingerprint density at radius 1 is 1.25 bits per heavy atom. The number of hydrogen-bond acceptors (Lipinski definition) is 3. The van der Waals surface area contributed by atoms with E-state index in [1.165, 1.54) is 12.8 Å². The first-order chi connectivity index (χ1) is 6.87. The summed E-state index contributed by atoms with van der Waals surface area (Å²) >= 11 is 0. The van der Waals surface area contributed by atoms with E-state index in [9.17, 15) is 4.79 Å². The van der Waals surface area contributed by atoms with Gasteiger partial charge in [0, 0.05) is 0 Å². The van der Waals surface area contributed by atoms with Gasteiger partial charge >= 0.3 is 5.97 Å². The van der Waals surface area contributed by atoms with Crippen molar-refractivity contribution >= 4 is 18.4 Å². The molecule has 0 saturated carbocycles. The van der Waals surface area contributed by atoms with Gasteiger partial charge in [0.05, 0.1) is 0 Å². The van der Waals surface area contributed by atoms with Crippen molar-refractivity contribution < 1.29 is 9.53 Å². The molecule has 2 N–H and O–H groups in total. The molecule has 1 unspecified atom stereocenters. The van der Waals surface area contributed by atoms with E-state index in [0.717, 1.165) is 19.3 Å². The average molecular weight is 252 g/mol. The zero-order chi connectivity index (χ0) is 11.9. The normalized spacial score (nSPS) is 12.8. The predicted molar refractivity (Wildman–Crippen MR) is 69.8 cm³/mol. The maximum absolute atomic E-state index is 11.5. The maximum atomic E-state index is 11.5. The van der Waals surface area contributed by atoms with Crippen molar-refractivity contribution in [3.05, 3.63) is 0 Å². The highest BCUT2D eigenvalue weighted by atomic mass is 35.5. The van der Waals surface area contributed by atoms with Crippen molar-refractivity contribution in [3.8, 4) is 0 Å². The van der Waals surface area contributed by atoms with Crippen LogP contribution in [0.5, 0.6) is 0 Å². The van der Waals surface area contributed by atoms with Crippen molar-refractivity contribution in [2.24, 2.45) is 5.73 Å². The Morgan fingerprint density at radius 3 is 2.25 bits per heavy atom. The van der Waals surface area contributed by atoms with E-state index in [4.69, 9.17) is 10.5 Å². The molecule has 0 saturated heterocycles. The average Bonchev–Trinajstić information content (AvgIpc) is 2.09. The van der Waals surface area contributed by atoms with Gasteiger partial charge in [-0.3, -0.25) is 4.79 Å². The van der Waals surface area contributed by atoms with Crippen LogP contribution in [0.4, 0.5) is 0 Å². The molecule has 0 heterocycles. The molecule has 1 atom stereocenters. The number of halogens is 1. The SMILES string of the molecule is CCCCCCC(N)C(=O)OC(C)(C)C.Cl. The minimum absolute atomic E-state index is 0. The van der Waals surface area contributed by atoms with Gasteiger partial charge in [-0.15, -0.1) is 12.4 Å². The fraction of sp³-hybridized carbons (Fsp3) is 0.917. The third kappa shape index (κ3) is 10.2. The molecule has 0 fully saturated rings. The summed E-state index contributed by atoms with van der Waals surface area (Å²) in [6, 6.07) is -0.457. The maximum Gasteiger partial charge on any atom is 0.323 e. The van der Waals surface area contributed by atoms with Crippen LogP contribution >= 0.6 is 12.4 Å². The number of hydrogen-bond donors (Lipinski definition) is 1. The van der Waals surface area contributed by atoms with Crippen LogP contribution in [-0.4, -0.2) is 17.6 Å². The van der Waals surface area contributed by atoms with Gasteiger partial charge in [0.2, 0.25) is 0 Å². The number of carbonyl (C=O) groups is 1. The van der Waals surface area contributed by atoms with Gasteiger partial charge in [0.15, 0.2) is 0 Å². The molecule has 0 aromatic carbocycles. The Bertz CT molecular complexity index is 190. The Kier molecular flexibility index (Phi) is 9.98. The fourth-order valence-corrected chi connectivity index (χ4v) is 1.29. The topological polar surface area (TPSA) is 52.3 Å². The van der Waals surface area contributed by atoms with Crippen molar-refractivity contribution in [2.45, 2.75) is 71.4 Å². The summed E-state index contributed by atoms with van der Waals surface area (Å²) < 4.78 is 5.19. The third-order valence-corrected chi connectivity index (χ3v) is 2.08. The molecule has 0 aromatic rings. The van der Waals surface area contributed by atoms with Crippen LogP contribution in [0, 0.1) is 0 Å². The van der Waals surface area contributed by atoms with E-state index in [-0.39, 0.29) is 18.4 Å². The molecule has 0 aliphatic heterocycles. The molecule has 4 heteroatoms. The minimum Gasteiger partial charge on any atom is -0.459 e. The van der Waals surface area contributed by atoms with Gasteiger partial charge in [-0.25, -0.2) is 0 Å². The van der Waals surface area contributed by atoms with Crippen LogP contribution in [0.3, 0.4) is 0 Å². The Hall–Kier alpha value is -0.280. The lowest BCUT2D eigenvalue weighted by atomic mass is 10.1. The van der Waals surface area contributed by atoms with Gasteiger partial charge in [-0.1, -0.05) is 32.6 Å². The molecule has 3 nitrogen and oxygen atoms in total. The third-order valence-electron chi connectivity index (χ3n) is 2.08. The van der Waals surface area contributed by atoms with Crippen molar-refractivity contribution in [1.82, 2.24) is 0 Å². The van der Waals surface area contributed by atoms with Gasteiger partial charge in [0.25, 0.3) is 0 Å². The molecule has 0 spiro atoms. The monoisotopic (exact) mass is 251 g/mol. The van der Waals surface area contributed by atoms with E-state index in [1.807, 2.05) is 20.8 Å². The second kappa shape index (κ2) is 8.82. The van der Waals surface area contributed by atoms with E-state index in [2.05, 4.69) is 6.92 Å². The molecular weight excluding hydrogens is 226 g/mol. The summed E-state index contributed by atoms with van der Waals surface area (Å²) in [5.41, 5.74) is 5.30. The van der Waals surface area contributed by atoms with Gasteiger partial charge in [0.1, 0.15) is 11.6 Å². The first-order valence-electron chi connectivity index (χ1n) is 5.85. The molecule has 0 aliphatic carbocycles. The van der Waals surface area contributed by atoms with Crippen LogP contribution in [0.1, 0.15) is 59.8 Å². The number of rotatable bonds is 6. The van der Waals surface area contributed by atoms with Gasteiger partial charge in [-0.05, 0) is 27.2 Å². The number of nitrogens with two attached hydrogens (primary N) is 1. The van der Waals surface area contributed by atoms with E-state index in [1.54, 1.807) is 0 Å². The summed E-state index contributed by atoms with van der Waals surface area (Å²) in [5.74, 6) is -0.279. The molecule has 0 radical (unpaired) electrons. The van der Waals surface area contributed by atoms with Crippen molar-refractivity contribution in [3.63, 3.8) is 0 Å². The van der Waals surface area contributed by atoms with Crippen LogP contribution in [0.15, 0.2) is 0 Å². The molecule has 0 aromatic heterocycles. The highest BCUT2D eigenvalue weighted by Crippen LogP contribution is 2.11. The zero-order valence-corrected chi connectivity index (χ0v) is 11.7. The Morgan fingerprint density at radius 2 is 1.81 bits per heavy atom. The smallest absolute Gasteiger partial charge is 0.323 e. The van der Waals surface area contributed by atoms with E-state index >= 15 is 0 Å². The highest BCUT2D eigenvalue weighted by Gasteiger charge is 2.21. The Labute approximate surface area is 106 Å². The van der Waals surface area contributed by atoms with E-state index in [0.29, 0.717) is 0 Å². The van der Waals surface area contributed by atoms with Gasteiger partial charge < -0.3 is 10.5 Å². The first-order valence-corrected chi connectivity index (χ1v) is 5.85. The lowest BCUT2D eigenvalue weighted by molar-refractivity contribution is -0.156. The van der Waals surface area contributed by atoms with Crippen LogP contribution < -0.4 is 5.73 Å². The second-order valence-corrected chi connectivity index (χ2v) is 4.99. The summed E-state index contributed by atoms with van der Waals surface area (Å²) in [6.07, 6.45) is 5.29. The highest BCUT2D eigenvalue weighted by molar-refractivity contribution is 5.85. The van der Waals surface area contributed by atoms with Crippen LogP contribution in [-0.2, 0) is 9.53 Å². The Balaban J connectivity index is 0. The van der Waals surface area contributed by atoms with Gasteiger partial charge in [-0.2, -0.15) is 0 Å². The lowest BCUT2D eigenvalue weighted by Gasteiger charge is -2.22. The number of carbonyl (C=O) groups excluding carboxylic acids is 1. The standard InChI is InChI=1S/C12H25NO2.ClH/c1-5-6-7-8-9-10(13)11(14)15-12(2,3)4;/h10H,5-9,13H2,1-4H3;1H. The quantitative estimate of drug-likeness (QED) is 0.583. The molecule has 0 aliphatic rings. The summed E-state index contributed by atoms with van der Waals surface area (Å²) in [6.45, 7) is 7.73.